The van der Waals surface area contributed by atoms with E-state index in [2.05, 4.69) is 5.32 Å². The summed E-state index contributed by atoms with van der Waals surface area (Å²) >= 11 is 6.26. The topological polar surface area (TPSA) is 92.8 Å². The van der Waals surface area contributed by atoms with E-state index >= 15 is 0 Å². The van der Waals surface area contributed by atoms with Gasteiger partial charge in [0.1, 0.15) is 10.6 Å². The minimum Gasteiger partial charge on any atom is -0.379 e. The van der Waals surface area contributed by atoms with Gasteiger partial charge in [0.15, 0.2) is 0 Å². The Balaban J connectivity index is 1.89. The van der Waals surface area contributed by atoms with Gasteiger partial charge in [-0.25, -0.2) is 0 Å². The molecule has 3 aromatic carbocycles. The molecule has 3 rings (SSSR count). The highest BCUT2D eigenvalue weighted by atomic mass is 35.5. The predicted octanol–water partition coefficient (Wildman–Crippen LogP) is 5.51. The van der Waals surface area contributed by atoms with Crippen LogP contribution in [0.3, 0.4) is 0 Å². The molecule has 1 atom stereocenters. The Hall–Kier alpha value is -3.36. The van der Waals surface area contributed by atoms with Crippen molar-refractivity contribution in [3.8, 4) is 5.75 Å². The zero-order chi connectivity index (χ0) is 25.6. The molecule has 0 radical (unpaired) electrons. The van der Waals surface area contributed by atoms with Gasteiger partial charge >= 0.3 is 10.1 Å². The van der Waals surface area contributed by atoms with Gasteiger partial charge < -0.3 is 14.4 Å². The molecule has 2 amide bonds. The normalized spacial score (nSPS) is 12.0. The van der Waals surface area contributed by atoms with Gasteiger partial charge in [0.25, 0.3) is 5.91 Å². The van der Waals surface area contributed by atoms with Gasteiger partial charge in [-0.15, -0.1) is 0 Å². The van der Waals surface area contributed by atoms with Crippen molar-refractivity contribution < 1.29 is 22.2 Å². The van der Waals surface area contributed by atoms with Crippen molar-refractivity contribution in [2.75, 3.05) is 5.32 Å². The first-order valence-electron chi connectivity index (χ1n) is 11.1. The zero-order valence-corrected chi connectivity index (χ0v) is 21.3. The molecule has 35 heavy (non-hydrogen) atoms. The van der Waals surface area contributed by atoms with E-state index in [0.717, 1.165) is 0 Å². The third-order valence-corrected chi connectivity index (χ3v) is 7.04. The van der Waals surface area contributed by atoms with Crippen molar-refractivity contribution in [1.82, 2.24) is 4.90 Å². The first-order chi connectivity index (χ1) is 16.6. The van der Waals surface area contributed by atoms with Crippen LogP contribution in [0, 0.1) is 0 Å². The lowest BCUT2D eigenvalue weighted by atomic mass is 10.1. The predicted molar refractivity (Wildman–Crippen MR) is 136 cm³/mol. The number of anilines is 1. The zero-order valence-electron chi connectivity index (χ0n) is 19.7. The number of benzene rings is 3. The Morgan fingerprint density at radius 2 is 1.63 bits per heavy atom. The van der Waals surface area contributed by atoms with E-state index in [1.54, 1.807) is 53.4 Å². The van der Waals surface area contributed by atoms with E-state index in [1.165, 1.54) is 31.2 Å². The highest BCUT2D eigenvalue weighted by Crippen LogP contribution is 2.27. The number of hydrogen-bond donors (Lipinski definition) is 1. The molecule has 0 aliphatic carbocycles. The molecule has 0 saturated heterocycles. The molecule has 1 N–H and O–H groups in total. The first-order valence-corrected chi connectivity index (χ1v) is 12.9. The SMILES string of the molecule is CC[C@H](C)N(Cc1ccccc1OS(=O)(=O)c1ccc(NC(C)=O)cc1)C(=O)c1ccccc1Cl. The quantitative estimate of drug-likeness (QED) is 0.380. The van der Waals surface area contributed by atoms with Crippen LogP contribution in [0.4, 0.5) is 5.69 Å². The summed E-state index contributed by atoms with van der Waals surface area (Å²) in [6.07, 6.45) is 0.693. The monoisotopic (exact) mass is 514 g/mol. The van der Waals surface area contributed by atoms with Gasteiger partial charge in [-0.2, -0.15) is 8.42 Å². The molecular weight excluding hydrogens is 488 g/mol. The summed E-state index contributed by atoms with van der Waals surface area (Å²) in [5.74, 6) is -0.391. The minimum absolute atomic E-state index is 0.0627. The molecule has 0 aromatic heterocycles. The molecule has 0 fully saturated rings. The van der Waals surface area contributed by atoms with Crippen LogP contribution < -0.4 is 9.50 Å². The van der Waals surface area contributed by atoms with Crippen LogP contribution in [0.15, 0.2) is 77.7 Å². The smallest absolute Gasteiger partial charge is 0.339 e. The maximum absolute atomic E-state index is 13.3. The Morgan fingerprint density at radius 3 is 2.26 bits per heavy atom. The van der Waals surface area contributed by atoms with Gasteiger partial charge in [0, 0.05) is 30.8 Å². The lowest BCUT2D eigenvalue weighted by Gasteiger charge is -2.29. The van der Waals surface area contributed by atoms with Crippen LogP contribution in [0.5, 0.6) is 5.75 Å². The lowest BCUT2D eigenvalue weighted by Crippen LogP contribution is -2.38. The standard InChI is InChI=1S/C26H27ClN2O5S/c1-4-18(2)29(26(31)23-10-6-7-11-24(23)27)17-20-9-5-8-12-25(20)34-35(32,33)22-15-13-21(14-16-22)28-19(3)30/h5-16,18H,4,17H2,1-3H3,(H,28,30)/t18-/m0/s1. The average Bonchev–Trinajstić information content (AvgIpc) is 2.82. The third kappa shape index (κ3) is 6.61. The van der Waals surface area contributed by atoms with E-state index in [9.17, 15) is 18.0 Å². The fourth-order valence-corrected chi connectivity index (χ4v) is 4.59. The molecule has 3 aromatic rings. The van der Waals surface area contributed by atoms with Crippen molar-refractivity contribution >= 4 is 39.2 Å². The van der Waals surface area contributed by atoms with E-state index in [1.807, 2.05) is 13.8 Å². The van der Waals surface area contributed by atoms with E-state index in [4.69, 9.17) is 15.8 Å². The van der Waals surface area contributed by atoms with Crippen molar-refractivity contribution in [1.29, 1.82) is 0 Å². The van der Waals surface area contributed by atoms with Crippen LogP contribution in [0.25, 0.3) is 0 Å². The van der Waals surface area contributed by atoms with Crippen LogP contribution >= 0.6 is 11.6 Å². The number of amides is 2. The summed E-state index contributed by atoms with van der Waals surface area (Å²) in [5.41, 5.74) is 1.38. The van der Waals surface area contributed by atoms with Crippen molar-refractivity contribution in [3.63, 3.8) is 0 Å². The van der Waals surface area contributed by atoms with Crippen LogP contribution in [-0.2, 0) is 21.5 Å². The highest BCUT2D eigenvalue weighted by molar-refractivity contribution is 7.87. The van der Waals surface area contributed by atoms with E-state index in [0.29, 0.717) is 28.3 Å². The Labute approximate surface area is 210 Å². The van der Waals surface area contributed by atoms with Gasteiger partial charge in [-0.3, -0.25) is 9.59 Å². The number of carbonyl (C=O) groups is 2. The van der Waals surface area contributed by atoms with Crippen LogP contribution in [-0.4, -0.2) is 31.2 Å². The number of para-hydroxylation sites is 1. The highest BCUT2D eigenvalue weighted by Gasteiger charge is 2.25. The molecule has 0 spiro atoms. The summed E-state index contributed by atoms with van der Waals surface area (Å²) in [7, 11) is -4.16. The Kier molecular flexibility index (Phi) is 8.53. The molecule has 184 valence electrons. The maximum atomic E-state index is 13.3. The first kappa shape index (κ1) is 26.2. The number of carbonyl (C=O) groups excluding carboxylic acids is 2. The summed E-state index contributed by atoms with van der Waals surface area (Å²) in [4.78, 5) is 26.1. The summed E-state index contributed by atoms with van der Waals surface area (Å²) < 4.78 is 31.4. The molecule has 7 nitrogen and oxygen atoms in total. The van der Waals surface area contributed by atoms with Gasteiger partial charge in [0.2, 0.25) is 5.91 Å². The molecule has 0 aliphatic rings. The van der Waals surface area contributed by atoms with Crippen LogP contribution in [0.1, 0.15) is 43.1 Å². The molecule has 9 heteroatoms. The fraction of sp³-hybridized carbons (Fsp3) is 0.231. The number of nitrogens with one attached hydrogen (secondary N) is 1. The molecule has 0 saturated carbocycles. The van der Waals surface area contributed by atoms with Crippen molar-refractivity contribution in [2.45, 2.75) is 44.7 Å². The second-order valence-electron chi connectivity index (χ2n) is 8.02. The Bertz CT molecular complexity index is 1310. The summed E-state index contributed by atoms with van der Waals surface area (Å²) in [5, 5.41) is 2.93. The summed E-state index contributed by atoms with van der Waals surface area (Å²) in [6.45, 7) is 5.39. The number of hydrogen-bond acceptors (Lipinski definition) is 5. The van der Waals surface area contributed by atoms with Gasteiger partial charge in [-0.1, -0.05) is 48.9 Å². The Morgan fingerprint density at radius 1 is 1.00 bits per heavy atom. The van der Waals surface area contributed by atoms with E-state index < -0.39 is 10.1 Å². The van der Waals surface area contributed by atoms with E-state index in [-0.39, 0.29) is 35.0 Å². The molecule has 0 bridgehead atoms. The minimum atomic E-state index is -4.16. The second-order valence-corrected chi connectivity index (χ2v) is 9.97. The average molecular weight is 515 g/mol. The molecule has 0 aliphatic heterocycles. The number of halogens is 1. The molecule has 0 heterocycles. The van der Waals surface area contributed by atoms with Crippen molar-refractivity contribution in [3.05, 3.63) is 88.9 Å². The maximum Gasteiger partial charge on any atom is 0.339 e. The fourth-order valence-electron chi connectivity index (χ4n) is 3.41. The molecular formula is C26H27ClN2O5S. The third-order valence-electron chi connectivity index (χ3n) is 5.46. The summed E-state index contributed by atoms with van der Waals surface area (Å²) in [6, 6.07) is 19.1. The number of rotatable bonds is 9. The lowest BCUT2D eigenvalue weighted by molar-refractivity contribution is -0.114. The van der Waals surface area contributed by atoms with Gasteiger partial charge in [0.05, 0.1) is 10.6 Å². The van der Waals surface area contributed by atoms with Crippen LogP contribution in [0.2, 0.25) is 5.02 Å². The largest absolute Gasteiger partial charge is 0.379 e. The molecule has 0 unspecified atom stereocenters. The van der Waals surface area contributed by atoms with Crippen molar-refractivity contribution in [2.24, 2.45) is 0 Å². The second kappa shape index (κ2) is 11.4. The number of nitrogens with zero attached hydrogens (tertiary/aromatic N) is 1. The van der Waals surface area contributed by atoms with Gasteiger partial charge in [-0.05, 0) is 55.8 Å².